The molecule has 1 N–H and O–H groups in total. The molecule has 1 aliphatic heterocycles. The van der Waals surface area contributed by atoms with Gasteiger partial charge in [0.05, 0.1) is 6.54 Å². The summed E-state index contributed by atoms with van der Waals surface area (Å²) >= 11 is 0. The minimum absolute atomic E-state index is 0.00405. The van der Waals surface area contributed by atoms with Gasteiger partial charge in [-0.15, -0.1) is 0 Å². The van der Waals surface area contributed by atoms with Gasteiger partial charge in [0.15, 0.2) is 0 Å². The van der Waals surface area contributed by atoms with Gasteiger partial charge in [-0.1, -0.05) is 72.7 Å². The molecule has 0 aromatic heterocycles. The van der Waals surface area contributed by atoms with Crippen LogP contribution in [0, 0.1) is 11.8 Å². The van der Waals surface area contributed by atoms with Crippen molar-refractivity contribution in [3.05, 3.63) is 83.9 Å². The molecule has 32 heavy (non-hydrogen) atoms. The Balaban J connectivity index is 1.30. The Morgan fingerprint density at radius 2 is 1.62 bits per heavy atom. The van der Waals surface area contributed by atoms with Crippen molar-refractivity contribution in [2.24, 2.45) is 0 Å². The van der Waals surface area contributed by atoms with Crippen LogP contribution in [0.15, 0.2) is 72.8 Å². The van der Waals surface area contributed by atoms with Gasteiger partial charge >= 0.3 is 0 Å². The van der Waals surface area contributed by atoms with Crippen LogP contribution < -0.4 is 5.32 Å². The molecule has 0 aliphatic carbocycles. The lowest BCUT2D eigenvalue weighted by Gasteiger charge is -2.20. The molecule has 0 spiro atoms. The molecule has 3 aromatic rings. The van der Waals surface area contributed by atoms with Gasteiger partial charge in [-0.2, -0.15) is 0 Å². The van der Waals surface area contributed by atoms with Gasteiger partial charge in [-0.25, -0.2) is 0 Å². The normalized spacial score (nSPS) is 14.3. The highest BCUT2D eigenvalue weighted by molar-refractivity contribution is 5.96. The summed E-state index contributed by atoms with van der Waals surface area (Å²) in [5.74, 6) is 5.73. The molecular formula is C27H27N3O2. The van der Waals surface area contributed by atoms with E-state index < -0.39 is 0 Å². The second kappa shape index (κ2) is 10.6. The maximum atomic E-state index is 12.7. The molecule has 4 rings (SSSR count). The van der Waals surface area contributed by atoms with E-state index in [2.05, 4.69) is 22.1 Å². The molecule has 5 nitrogen and oxygen atoms in total. The minimum atomic E-state index is -0.159. The molecular weight excluding hydrogens is 398 g/mol. The molecule has 0 unspecified atom stereocenters. The highest BCUT2D eigenvalue weighted by atomic mass is 16.2. The smallest absolute Gasteiger partial charge is 0.298 e. The summed E-state index contributed by atoms with van der Waals surface area (Å²) in [5.41, 5.74) is 1.95. The van der Waals surface area contributed by atoms with Crippen LogP contribution in [-0.2, 0) is 16.1 Å². The number of hydrogen-bond acceptors (Lipinski definition) is 3. The first-order valence-corrected chi connectivity index (χ1v) is 11.0. The van der Waals surface area contributed by atoms with Crippen LogP contribution in [0.4, 0.5) is 0 Å². The Labute approximate surface area is 189 Å². The zero-order valence-corrected chi connectivity index (χ0v) is 18.1. The molecule has 162 valence electrons. The van der Waals surface area contributed by atoms with Crippen LogP contribution >= 0.6 is 0 Å². The van der Waals surface area contributed by atoms with E-state index in [1.807, 2.05) is 72.8 Å². The predicted molar refractivity (Wildman–Crippen MR) is 127 cm³/mol. The highest BCUT2D eigenvalue weighted by Gasteiger charge is 2.19. The molecule has 0 radical (unpaired) electrons. The summed E-state index contributed by atoms with van der Waals surface area (Å²) < 4.78 is 0. The highest BCUT2D eigenvalue weighted by Crippen LogP contribution is 2.17. The minimum Gasteiger partial charge on any atom is -0.351 e. The Hall–Kier alpha value is -3.62. The number of carbonyl (C=O) groups is 2. The van der Waals surface area contributed by atoms with Gasteiger partial charge in [0, 0.05) is 44.2 Å². The number of nitrogens with zero attached hydrogens (tertiary/aromatic N) is 2. The van der Waals surface area contributed by atoms with E-state index in [-0.39, 0.29) is 11.8 Å². The lowest BCUT2D eigenvalue weighted by Crippen LogP contribution is -2.39. The summed E-state index contributed by atoms with van der Waals surface area (Å²) in [5, 5.41) is 5.14. The molecule has 1 fully saturated rings. The summed E-state index contributed by atoms with van der Waals surface area (Å²) in [6.45, 7) is 3.57. The van der Waals surface area contributed by atoms with Crippen LogP contribution in [-0.4, -0.2) is 54.3 Å². The lowest BCUT2D eigenvalue weighted by molar-refractivity contribution is -0.124. The van der Waals surface area contributed by atoms with Crippen molar-refractivity contribution >= 4 is 22.6 Å². The maximum Gasteiger partial charge on any atom is 0.298 e. The monoisotopic (exact) mass is 425 g/mol. The number of hydrogen-bond donors (Lipinski definition) is 1. The topological polar surface area (TPSA) is 52.7 Å². The first-order chi connectivity index (χ1) is 15.7. The summed E-state index contributed by atoms with van der Waals surface area (Å²) in [6.07, 6.45) is 0.827. The second-order valence-electron chi connectivity index (χ2n) is 7.96. The van der Waals surface area contributed by atoms with E-state index in [0.717, 1.165) is 34.9 Å². The largest absolute Gasteiger partial charge is 0.351 e. The number of carbonyl (C=O) groups excluding carboxylic acids is 2. The number of nitrogens with one attached hydrogen (secondary N) is 1. The summed E-state index contributed by atoms with van der Waals surface area (Å²) in [7, 11) is 0. The Kier molecular flexibility index (Phi) is 7.16. The van der Waals surface area contributed by atoms with Crippen LogP contribution in [0.1, 0.15) is 17.5 Å². The van der Waals surface area contributed by atoms with Crippen molar-refractivity contribution in [3.8, 4) is 11.8 Å². The zero-order chi connectivity index (χ0) is 22.2. The molecule has 5 heteroatoms. The number of amides is 2. The molecule has 0 bridgehead atoms. The standard InChI is InChI=1S/C27H27N3O2/c31-26(28-20-22-8-2-1-3-9-22)21-29-16-7-17-30(19-18-29)27(32)15-14-24-12-6-11-23-10-4-5-13-25(23)24/h1-6,8-13H,7,16-21H2,(H,28,31). The van der Waals surface area contributed by atoms with Crippen molar-refractivity contribution < 1.29 is 9.59 Å². The van der Waals surface area contributed by atoms with E-state index in [1.165, 1.54) is 0 Å². The van der Waals surface area contributed by atoms with Gasteiger partial charge < -0.3 is 10.2 Å². The number of rotatable bonds is 4. The third-order valence-electron chi connectivity index (χ3n) is 5.67. The van der Waals surface area contributed by atoms with Gasteiger partial charge in [0.1, 0.15) is 0 Å². The molecule has 3 aromatic carbocycles. The average molecular weight is 426 g/mol. The van der Waals surface area contributed by atoms with Crippen molar-refractivity contribution in [3.63, 3.8) is 0 Å². The van der Waals surface area contributed by atoms with Crippen LogP contribution in [0.3, 0.4) is 0 Å². The third-order valence-corrected chi connectivity index (χ3v) is 5.67. The second-order valence-corrected chi connectivity index (χ2v) is 7.96. The van der Waals surface area contributed by atoms with E-state index in [0.29, 0.717) is 32.7 Å². The van der Waals surface area contributed by atoms with E-state index in [4.69, 9.17) is 0 Å². The Bertz CT molecular complexity index is 1140. The van der Waals surface area contributed by atoms with Crippen LogP contribution in [0.25, 0.3) is 10.8 Å². The van der Waals surface area contributed by atoms with Crippen LogP contribution in [0.2, 0.25) is 0 Å². The SMILES string of the molecule is O=C(CN1CCCN(C(=O)C#Cc2cccc3ccccc23)CC1)NCc1ccccc1. The van der Waals surface area contributed by atoms with Crippen molar-refractivity contribution in [1.29, 1.82) is 0 Å². The predicted octanol–water partition coefficient (Wildman–Crippen LogP) is 3.04. The quantitative estimate of drug-likeness (QED) is 0.654. The molecule has 1 aliphatic rings. The molecule has 1 heterocycles. The van der Waals surface area contributed by atoms with Gasteiger partial charge in [0.25, 0.3) is 5.91 Å². The lowest BCUT2D eigenvalue weighted by atomic mass is 10.1. The van der Waals surface area contributed by atoms with Gasteiger partial charge in [-0.05, 0) is 28.8 Å². The van der Waals surface area contributed by atoms with Gasteiger partial charge in [-0.3, -0.25) is 14.5 Å². The van der Waals surface area contributed by atoms with E-state index in [9.17, 15) is 9.59 Å². The van der Waals surface area contributed by atoms with Crippen molar-refractivity contribution in [2.75, 3.05) is 32.7 Å². The van der Waals surface area contributed by atoms with Crippen molar-refractivity contribution in [1.82, 2.24) is 15.1 Å². The van der Waals surface area contributed by atoms with Crippen LogP contribution in [0.5, 0.6) is 0 Å². The van der Waals surface area contributed by atoms with Crippen molar-refractivity contribution in [2.45, 2.75) is 13.0 Å². The average Bonchev–Trinajstić information content (AvgIpc) is 3.07. The number of fused-ring (bicyclic) bond motifs is 1. The molecule has 2 amide bonds. The fourth-order valence-electron chi connectivity index (χ4n) is 3.92. The zero-order valence-electron chi connectivity index (χ0n) is 18.1. The molecule has 0 saturated carbocycles. The molecule has 0 atom stereocenters. The Morgan fingerprint density at radius 3 is 2.50 bits per heavy atom. The van der Waals surface area contributed by atoms with Gasteiger partial charge in [0.2, 0.25) is 5.91 Å². The summed E-state index contributed by atoms with van der Waals surface area (Å²) in [4.78, 5) is 28.9. The fourth-order valence-corrected chi connectivity index (χ4v) is 3.92. The first kappa shape index (κ1) is 21.6. The Morgan fingerprint density at radius 1 is 0.844 bits per heavy atom. The summed E-state index contributed by atoms with van der Waals surface area (Å²) in [6, 6.07) is 23.9. The van der Waals surface area contributed by atoms with E-state index >= 15 is 0 Å². The van der Waals surface area contributed by atoms with E-state index in [1.54, 1.807) is 4.90 Å². The third kappa shape index (κ3) is 5.75. The number of benzene rings is 3. The fraction of sp³-hybridized carbons (Fsp3) is 0.259. The maximum absolute atomic E-state index is 12.7. The first-order valence-electron chi connectivity index (χ1n) is 11.0. The molecule has 1 saturated heterocycles.